The van der Waals surface area contributed by atoms with Gasteiger partial charge in [-0.1, -0.05) is 26.0 Å². The number of hydrogen-bond donors (Lipinski definition) is 1. The monoisotopic (exact) mass is 307 g/mol. The number of aryl methyl sites for hydroxylation is 1. The van der Waals surface area contributed by atoms with Gasteiger partial charge in [-0.05, 0) is 30.7 Å². The van der Waals surface area contributed by atoms with Crippen molar-refractivity contribution in [1.82, 2.24) is 10.3 Å². The third-order valence-electron chi connectivity index (χ3n) is 3.30. The minimum atomic E-state index is -0.197. The number of benzene rings is 1. The van der Waals surface area contributed by atoms with Gasteiger partial charge in [0.15, 0.2) is 5.13 Å². The molecule has 2 aromatic rings. The fraction of sp³-hybridized carbons (Fsp3) is 0.438. The standard InChI is InChI=1S/C16H22FN3S/c1-4-14-15(10-18-5-2)21-16(19-14)20(3)11-12-6-8-13(17)9-7-12/h6-9,18H,4-5,10-11H2,1-3H3. The summed E-state index contributed by atoms with van der Waals surface area (Å²) < 4.78 is 12.9. The Morgan fingerprint density at radius 1 is 1.24 bits per heavy atom. The molecule has 5 heteroatoms. The van der Waals surface area contributed by atoms with Gasteiger partial charge in [0.25, 0.3) is 0 Å². The molecule has 0 atom stereocenters. The van der Waals surface area contributed by atoms with Gasteiger partial charge in [-0.25, -0.2) is 9.37 Å². The molecule has 0 saturated heterocycles. The maximum atomic E-state index is 12.9. The molecule has 0 spiro atoms. The molecule has 0 aliphatic heterocycles. The van der Waals surface area contributed by atoms with Gasteiger partial charge in [0, 0.05) is 25.0 Å². The number of anilines is 1. The Morgan fingerprint density at radius 2 is 1.95 bits per heavy atom. The van der Waals surface area contributed by atoms with Crippen molar-refractivity contribution in [3.63, 3.8) is 0 Å². The first kappa shape index (κ1) is 15.9. The van der Waals surface area contributed by atoms with Crippen molar-refractivity contribution in [2.24, 2.45) is 0 Å². The van der Waals surface area contributed by atoms with Crippen LogP contribution in [0.2, 0.25) is 0 Å². The highest BCUT2D eigenvalue weighted by Gasteiger charge is 2.13. The largest absolute Gasteiger partial charge is 0.347 e. The fourth-order valence-electron chi connectivity index (χ4n) is 2.12. The predicted octanol–water partition coefficient (Wildman–Crippen LogP) is 3.59. The van der Waals surface area contributed by atoms with E-state index in [-0.39, 0.29) is 5.82 Å². The van der Waals surface area contributed by atoms with Crippen molar-refractivity contribution < 1.29 is 4.39 Å². The molecule has 0 saturated carbocycles. The molecule has 1 heterocycles. The second-order valence-corrected chi connectivity index (χ2v) is 6.04. The lowest BCUT2D eigenvalue weighted by atomic mass is 10.2. The summed E-state index contributed by atoms with van der Waals surface area (Å²) in [5.41, 5.74) is 2.25. The summed E-state index contributed by atoms with van der Waals surface area (Å²) >= 11 is 1.73. The molecule has 1 N–H and O–H groups in total. The molecule has 0 aliphatic carbocycles. The van der Waals surface area contributed by atoms with Crippen LogP contribution in [-0.4, -0.2) is 18.6 Å². The number of nitrogens with one attached hydrogen (secondary N) is 1. The topological polar surface area (TPSA) is 28.2 Å². The SMILES string of the molecule is CCNCc1sc(N(C)Cc2ccc(F)cc2)nc1CC. The van der Waals surface area contributed by atoms with E-state index < -0.39 is 0 Å². The second-order valence-electron chi connectivity index (χ2n) is 4.98. The average Bonchev–Trinajstić information content (AvgIpc) is 2.91. The van der Waals surface area contributed by atoms with Crippen LogP contribution in [0.1, 0.15) is 30.0 Å². The first-order chi connectivity index (χ1) is 10.1. The molecule has 0 aliphatic rings. The summed E-state index contributed by atoms with van der Waals surface area (Å²) in [4.78, 5) is 8.15. The molecule has 1 aromatic carbocycles. The van der Waals surface area contributed by atoms with Crippen LogP contribution in [0.25, 0.3) is 0 Å². The van der Waals surface area contributed by atoms with Gasteiger partial charge in [-0.15, -0.1) is 11.3 Å². The van der Waals surface area contributed by atoms with E-state index in [1.54, 1.807) is 11.3 Å². The van der Waals surface area contributed by atoms with Gasteiger partial charge in [-0.3, -0.25) is 0 Å². The molecule has 0 radical (unpaired) electrons. The van der Waals surface area contributed by atoms with Crippen LogP contribution in [0.15, 0.2) is 24.3 Å². The Bertz CT molecular complexity index is 565. The molecule has 21 heavy (non-hydrogen) atoms. The molecular weight excluding hydrogens is 285 g/mol. The van der Waals surface area contributed by atoms with Gasteiger partial charge < -0.3 is 10.2 Å². The van der Waals surface area contributed by atoms with Gasteiger partial charge in [0.05, 0.1) is 5.69 Å². The highest BCUT2D eigenvalue weighted by atomic mass is 32.1. The number of rotatable bonds is 7. The van der Waals surface area contributed by atoms with Crippen LogP contribution in [0, 0.1) is 5.82 Å². The summed E-state index contributed by atoms with van der Waals surface area (Å²) in [6.45, 7) is 6.81. The molecule has 0 amide bonds. The van der Waals surface area contributed by atoms with E-state index in [9.17, 15) is 4.39 Å². The van der Waals surface area contributed by atoms with Crippen molar-refractivity contribution >= 4 is 16.5 Å². The Kier molecular flexibility index (Phi) is 5.70. The quantitative estimate of drug-likeness (QED) is 0.847. The maximum Gasteiger partial charge on any atom is 0.185 e. The molecule has 1 aromatic heterocycles. The Balaban J connectivity index is 2.09. The van der Waals surface area contributed by atoms with Crippen molar-refractivity contribution in [1.29, 1.82) is 0 Å². The third kappa shape index (κ3) is 4.25. The van der Waals surface area contributed by atoms with E-state index >= 15 is 0 Å². The average molecular weight is 307 g/mol. The number of nitrogens with zero attached hydrogens (tertiary/aromatic N) is 2. The van der Waals surface area contributed by atoms with Gasteiger partial charge in [0.1, 0.15) is 5.82 Å². The lowest BCUT2D eigenvalue weighted by molar-refractivity contribution is 0.627. The zero-order chi connectivity index (χ0) is 15.2. The smallest absolute Gasteiger partial charge is 0.185 e. The molecule has 0 bridgehead atoms. The summed E-state index contributed by atoms with van der Waals surface area (Å²) in [6, 6.07) is 6.64. The zero-order valence-electron chi connectivity index (χ0n) is 12.8. The zero-order valence-corrected chi connectivity index (χ0v) is 13.6. The van der Waals surface area contributed by atoms with E-state index in [0.717, 1.165) is 36.8 Å². The van der Waals surface area contributed by atoms with Crippen LogP contribution >= 0.6 is 11.3 Å². The molecule has 0 fully saturated rings. The van der Waals surface area contributed by atoms with E-state index in [4.69, 9.17) is 4.98 Å². The van der Waals surface area contributed by atoms with Crippen LogP contribution in [-0.2, 0) is 19.5 Å². The Morgan fingerprint density at radius 3 is 2.57 bits per heavy atom. The molecule has 2 rings (SSSR count). The molecule has 0 unspecified atom stereocenters. The predicted molar refractivity (Wildman–Crippen MR) is 87.4 cm³/mol. The van der Waals surface area contributed by atoms with Crippen molar-refractivity contribution in [2.75, 3.05) is 18.5 Å². The first-order valence-electron chi connectivity index (χ1n) is 7.28. The Hall–Kier alpha value is -1.46. The lowest BCUT2D eigenvalue weighted by Crippen LogP contribution is -2.16. The summed E-state index contributed by atoms with van der Waals surface area (Å²) in [5.74, 6) is -0.197. The molecular formula is C16H22FN3S. The summed E-state index contributed by atoms with van der Waals surface area (Å²) in [7, 11) is 2.03. The second kappa shape index (κ2) is 7.52. The number of halogens is 1. The van der Waals surface area contributed by atoms with E-state index in [0.29, 0.717) is 0 Å². The van der Waals surface area contributed by atoms with Crippen LogP contribution in [0.4, 0.5) is 9.52 Å². The molecule has 3 nitrogen and oxygen atoms in total. The summed E-state index contributed by atoms with van der Waals surface area (Å²) in [5, 5.41) is 4.38. The molecule has 114 valence electrons. The highest BCUT2D eigenvalue weighted by Crippen LogP contribution is 2.27. The fourth-order valence-corrected chi connectivity index (χ4v) is 3.20. The Labute approximate surface area is 129 Å². The van der Waals surface area contributed by atoms with Crippen LogP contribution in [0.3, 0.4) is 0 Å². The van der Waals surface area contributed by atoms with E-state index in [1.165, 1.54) is 22.7 Å². The van der Waals surface area contributed by atoms with Gasteiger partial charge >= 0.3 is 0 Å². The van der Waals surface area contributed by atoms with Gasteiger partial charge in [0.2, 0.25) is 0 Å². The van der Waals surface area contributed by atoms with Gasteiger partial charge in [-0.2, -0.15) is 0 Å². The number of thiazole rings is 1. The summed E-state index contributed by atoms with van der Waals surface area (Å²) in [6.07, 6.45) is 0.946. The minimum Gasteiger partial charge on any atom is -0.347 e. The number of aromatic nitrogens is 1. The minimum absolute atomic E-state index is 0.197. The van der Waals surface area contributed by atoms with Crippen molar-refractivity contribution in [2.45, 2.75) is 33.4 Å². The third-order valence-corrected chi connectivity index (χ3v) is 4.51. The van der Waals surface area contributed by atoms with Crippen LogP contribution < -0.4 is 10.2 Å². The normalized spacial score (nSPS) is 10.9. The van der Waals surface area contributed by atoms with E-state index in [2.05, 4.69) is 24.1 Å². The lowest BCUT2D eigenvalue weighted by Gasteiger charge is -2.15. The van der Waals surface area contributed by atoms with Crippen molar-refractivity contribution in [3.05, 3.63) is 46.2 Å². The maximum absolute atomic E-state index is 12.9. The van der Waals surface area contributed by atoms with Crippen molar-refractivity contribution in [3.8, 4) is 0 Å². The van der Waals surface area contributed by atoms with Crippen LogP contribution in [0.5, 0.6) is 0 Å². The highest BCUT2D eigenvalue weighted by molar-refractivity contribution is 7.15. The first-order valence-corrected chi connectivity index (χ1v) is 8.10. The van der Waals surface area contributed by atoms with E-state index in [1.807, 2.05) is 19.2 Å². The number of hydrogen-bond acceptors (Lipinski definition) is 4.